The van der Waals surface area contributed by atoms with E-state index in [2.05, 4.69) is 13.2 Å². The normalized spacial score (nSPS) is 14.7. The molecule has 0 aromatic rings. The Hall–Kier alpha value is -0.720. The zero-order valence-electron chi connectivity index (χ0n) is 13.0. The highest BCUT2D eigenvalue weighted by molar-refractivity contribution is 4.68. The van der Waals surface area contributed by atoms with Crippen LogP contribution in [0.25, 0.3) is 0 Å². The average molecular weight is 290 g/mol. The van der Waals surface area contributed by atoms with E-state index in [1.165, 1.54) is 0 Å². The van der Waals surface area contributed by atoms with Gasteiger partial charge in [0, 0.05) is 0 Å². The second-order valence-electron chi connectivity index (χ2n) is 4.43. The second-order valence-corrected chi connectivity index (χ2v) is 4.43. The van der Waals surface area contributed by atoms with Crippen LogP contribution in [0.5, 0.6) is 0 Å². The van der Waals surface area contributed by atoms with Gasteiger partial charge in [-0.1, -0.05) is 12.2 Å². The largest absolute Gasteiger partial charge is 0.394 e. The van der Waals surface area contributed by atoms with Crippen molar-refractivity contribution >= 4 is 0 Å². The van der Waals surface area contributed by atoms with E-state index in [4.69, 9.17) is 24.4 Å². The van der Waals surface area contributed by atoms with Crippen molar-refractivity contribution in [2.75, 3.05) is 33.0 Å². The summed E-state index contributed by atoms with van der Waals surface area (Å²) in [7, 11) is 0. The summed E-state index contributed by atoms with van der Waals surface area (Å²) < 4.78 is 15.4. The van der Waals surface area contributed by atoms with Crippen LogP contribution in [0.2, 0.25) is 0 Å². The van der Waals surface area contributed by atoms with Gasteiger partial charge in [-0.2, -0.15) is 0 Å². The molecule has 0 aliphatic rings. The molecular weight excluding hydrogens is 260 g/mol. The number of ether oxygens (including phenoxy) is 3. The molecule has 0 rings (SSSR count). The molecule has 3 unspecified atom stereocenters. The molecule has 0 aliphatic carbocycles. The lowest BCUT2D eigenvalue weighted by Crippen LogP contribution is -2.24. The van der Waals surface area contributed by atoms with E-state index in [9.17, 15) is 0 Å². The third-order valence-corrected chi connectivity index (χ3v) is 1.97. The zero-order valence-corrected chi connectivity index (χ0v) is 13.0. The molecule has 0 spiro atoms. The summed E-state index contributed by atoms with van der Waals surface area (Å²) in [6, 6.07) is 0. The molecule has 0 radical (unpaired) electrons. The molecule has 5 nitrogen and oxygen atoms in total. The maximum atomic E-state index is 8.92. The van der Waals surface area contributed by atoms with Crippen molar-refractivity contribution in [3.8, 4) is 0 Å². The molecule has 0 aromatic carbocycles. The SMILES string of the molecule is C=CCOCC=C.CC(O)COC(C)COC(C)CO. The maximum absolute atomic E-state index is 8.92. The van der Waals surface area contributed by atoms with Gasteiger partial charge in [-0.25, -0.2) is 0 Å². The Bertz CT molecular complexity index is 210. The zero-order chi connectivity index (χ0) is 15.8. The van der Waals surface area contributed by atoms with Crippen LogP contribution < -0.4 is 0 Å². The Labute approximate surface area is 122 Å². The summed E-state index contributed by atoms with van der Waals surface area (Å²) >= 11 is 0. The van der Waals surface area contributed by atoms with Crippen LogP contribution in [0.3, 0.4) is 0 Å². The van der Waals surface area contributed by atoms with Gasteiger partial charge in [0.2, 0.25) is 0 Å². The Morgan fingerprint density at radius 2 is 1.45 bits per heavy atom. The monoisotopic (exact) mass is 290 g/mol. The first-order chi connectivity index (χ1) is 9.47. The number of hydrogen-bond donors (Lipinski definition) is 2. The average Bonchev–Trinajstić information content (AvgIpc) is 2.43. The van der Waals surface area contributed by atoms with Gasteiger partial charge in [0.05, 0.1) is 51.3 Å². The summed E-state index contributed by atoms with van der Waals surface area (Å²) in [5, 5.41) is 17.6. The minimum atomic E-state index is -0.447. The Morgan fingerprint density at radius 1 is 0.950 bits per heavy atom. The van der Waals surface area contributed by atoms with Crippen molar-refractivity contribution in [2.24, 2.45) is 0 Å². The summed E-state index contributed by atoms with van der Waals surface area (Å²) in [5.74, 6) is 0. The van der Waals surface area contributed by atoms with Crippen molar-refractivity contribution in [2.45, 2.75) is 39.1 Å². The van der Waals surface area contributed by atoms with Crippen LogP contribution in [0, 0.1) is 0 Å². The molecule has 0 fully saturated rings. The number of aliphatic hydroxyl groups excluding tert-OH is 2. The molecule has 0 aliphatic heterocycles. The highest BCUT2D eigenvalue weighted by Gasteiger charge is 2.06. The van der Waals surface area contributed by atoms with Gasteiger partial charge in [-0.05, 0) is 20.8 Å². The third-order valence-electron chi connectivity index (χ3n) is 1.97. The Kier molecular flexibility index (Phi) is 17.6. The van der Waals surface area contributed by atoms with E-state index >= 15 is 0 Å². The second kappa shape index (κ2) is 16.3. The van der Waals surface area contributed by atoms with E-state index in [-0.39, 0.29) is 18.8 Å². The minimum Gasteiger partial charge on any atom is -0.394 e. The Balaban J connectivity index is 0. The molecule has 0 heterocycles. The molecule has 0 aromatic heterocycles. The van der Waals surface area contributed by atoms with Gasteiger partial charge in [0.15, 0.2) is 0 Å². The van der Waals surface area contributed by atoms with Crippen LogP contribution in [0.1, 0.15) is 20.8 Å². The van der Waals surface area contributed by atoms with Gasteiger partial charge < -0.3 is 24.4 Å². The molecule has 0 saturated heterocycles. The third kappa shape index (κ3) is 19.6. The van der Waals surface area contributed by atoms with Gasteiger partial charge in [0.25, 0.3) is 0 Å². The lowest BCUT2D eigenvalue weighted by Gasteiger charge is -2.16. The first-order valence-electron chi connectivity index (χ1n) is 6.79. The molecule has 0 amide bonds. The standard InChI is InChI=1S/C9H20O4.C6H10O/c1-7(11)5-12-9(3)6-13-8(2)4-10;1-3-5-7-6-4-2/h7-11H,4-6H2,1-3H3;3-4H,1-2,5-6H2. The Morgan fingerprint density at radius 3 is 1.85 bits per heavy atom. The van der Waals surface area contributed by atoms with Crippen LogP contribution >= 0.6 is 0 Å². The van der Waals surface area contributed by atoms with Crippen molar-refractivity contribution in [3.63, 3.8) is 0 Å². The van der Waals surface area contributed by atoms with E-state index in [1.54, 1.807) is 26.0 Å². The van der Waals surface area contributed by atoms with Crippen molar-refractivity contribution in [1.82, 2.24) is 0 Å². The van der Waals surface area contributed by atoms with Gasteiger partial charge in [0.1, 0.15) is 0 Å². The van der Waals surface area contributed by atoms with Crippen molar-refractivity contribution in [1.29, 1.82) is 0 Å². The number of hydrogen-bond acceptors (Lipinski definition) is 5. The van der Waals surface area contributed by atoms with Crippen LogP contribution in [-0.2, 0) is 14.2 Å². The lowest BCUT2D eigenvalue weighted by molar-refractivity contribution is -0.0620. The topological polar surface area (TPSA) is 68.2 Å². The van der Waals surface area contributed by atoms with Crippen molar-refractivity contribution in [3.05, 3.63) is 25.3 Å². The maximum Gasteiger partial charge on any atom is 0.0781 e. The smallest absolute Gasteiger partial charge is 0.0781 e. The molecule has 0 bridgehead atoms. The molecule has 5 heteroatoms. The lowest BCUT2D eigenvalue weighted by atomic mass is 10.4. The van der Waals surface area contributed by atoms with E-state index in [1.807, 2.05) is 6.92 Å². The van der Waals surface area contributed by atoms with Gasteiger partial charge >= 0.3 is 0 Å². The molecule has 20 heavy (non-hydrogen) atoms. The van der Waals surface area contributed by atoms with Crippen molar-refractivity contribution < 1.29 is 24.4 Å². The fourth-order valence-electron chi connectivity index (χ4n) is 0.939. The summed E-state index contributed by atoms with van der Waals surface area (Å²) in [5.41, 5.74) is 0. The number of rotatable bonds is 11. The fraction of sp³-hybridized carbons (Fsp3) is 0.733. The summed E-state index contributed by atoms with van der Waals surface area (Å²) in [6.07, 6.45) is 2.77. The molecule has 3 atom stereocenters. The van der Waals surface area contributed by atoms with E-state index < -0.39 is 6.10 Å². The molecule has 2 N–H and O–H groups in total. The minimum absolute atomic E-state index is 0.0170. The summed E-state index contributed by atoms with van der Waals surface area (Å²) in [4.78, 5) is 0. The molecule has 0 saturated carbocycles. The predicted octanol–water partition coefficient (Wildman–Crippen LogP) is 1.54. The molecular formula is C15H30O5. The quantitative estimate of drug-likeness (QED) is 0.446. The van der Waals surface area contributed by atoms with Gasteiger partial charge in [-0.3, -0.25) is 0 Å². The van der Waals surface area contributed by atoms with Crippen LogP contribution in [0.15, 0.2) is 25.3 Å². The highest BCUT2D eigenvalue weighted by Crippen LogP contribution is 1.97. The molecule has 120 valence electrons. The van der Waals surface area contributed by atoms with E-state index in [0.29, 0.717) is 26.4 Å². The van der Waals surface area contributed by atoms with Gasteiger partial charge in [-0.15, -0.1) is 13.2 Å². The fourth-order valence-corrected chi connectivity index (χ4v) is 0.939. The summed E-state index contributed by atoms with van der Waals surface area (Å²) in [6.45, 7) is 14.3. The first-order valence-corrected chi connectivity index (χ1v) is 6.79. The van der Waals surface area contributed by atoms with Crippen LogP contribution in [0.4, 0.5) is 0 Å². The number of aliphatic hydroxyl groups is 2. The van der Waals surface area contributed by atoms with Crippen LogP contribution in [-0.4, -0.2) is 61.6 Å². The highest BCUT2D eigenvalue weighted by atomic mass is 16.5. The predicted molar refractivity (Wildman–Crippen MR) is 80.8 cm³/mol. The first kappa shape index (κ1) is 21.6. The van der Waals surface area contributed by atoms with E-state index in [0.717, 1.165) is 0 Å².